The Morgan fingerprint density at radius 3 is 0.331 bits per heavy atom. The van der Waals surface area contributed by atoms with E-state index in [2.05, 4.69) is 91.0 Å². The van der Waals surface area contributed by atoms with E-state index in [0.717, 1.165) is 25.7 Å². The number of carbonyl (C=O) groups is 22. The molecule has 0 heterocycles. The first kappa shape index (κ1) is 168. The number of aliphatic hydroxyl groups is 16. The van der Waals surface area contributed by atoms with Crippen LogP contribution >= 0.6 is 25.3 Å². The Labute approximate surface area is 799 Å². The number of hydrogen-bond acceptors (Lipinski definition) is 40. The molecule has 0 aliphatic heterocycles. The van der Waals surface area contributed by atoms with E-state index in [1.807, 2.05) is 0 Å². The summed E-state index contributed by atoms with van der Waals surface area (Å²) in [5, 5.41) is 308. The molecule has 0 radical (unpaired) electrons. The Balaban J connectivity index is -0.0000000701. The monoisotopic (exact) mass is 2070 g/mol. The summed E-state index contributed by atoms with van der Waals surface area (Å²) in [7, 11) is 0. The molecule has 0 bridgehead atoms. The Bertz CT molecular complexity index is 3080. The predicted octanol–water partition coefficient (Wildman–Crippen LogP) is -4.98. The highest BCUT2D eigenvalue weighted by atomic mass is 32.1. The molecule has 6 atom stereocenters. The third kappa shape index (κ3) is 192. The van der Waals surface area contributed by atoms with Gasteiger partial charge in [0.2, 0.25) is 0 Å². The second-order valence-electron chi connectivity index (χ2n) is 23.5. The standard InChI is InChI=1S/C6H14O6.10C5H6O4.3C4H10O2.C3H8O2.2C2H4O2S.C2H6O2/c7-1-3(9)5(11)6(12)4(10)2-8;10*1-3(5(8)9)2-4(6)7;1-4(6)2-3-5;2*5-3-1-2-4-6;1-3(5)2-4;2*3-2(4)1-5;3-1-2-4/h3-12H,1-2H2;10*1-2H2,(H,6,7)(H,8,9);4-6H,2-3H2,1H3;2*5-6H,1-4H2;3-5H,2H2,1H3;2*5H,1H2,(H,3,4);3-4H,1-2H2/t3-,4+,5-,6-;;;;;;;;;;;;;;;;;/m1................./s1. The van der Waals surface area contributed by atoms with E-state index in [9.17, 15) is 105 Å². The molecule has 0 rings (SSSR count). The second-order valence-corrected chi connectivity index (χ2v) is 24.2. The number of carboxylic acid groups (broad SMARTS) is 22. The maximum Gasteiger partial charge on any atom is 0.331 e. The molecule has 0 spiro atoms. The van der Waals surface area contributed by atoms with E-state index < -0.39 is 239 Å². The maximum atomic E-state index is 9.87. The lowest BCUT2D eigenvalue weighted by molar-refractivity contribution is -0.139. The zero-order valence-electron chi connectivity index (χ0n) is 74.5. The van der Waals surface area contributed by atoms with Crippen LogP contribution in [0.25, 0.3) is 0 Å². The van der Waals surface area contributed by atoms with Crippen molar-refractivity contribution in [2.45, 2.75) is 147 Å². The lowest BCUT2D eigenvalue weighted by atomic mass is 10.0. The van der Waals surface area contributed by atoms with E-state index in [1.165, 1.54) is 6.92 Å². The summed E-state index contributed by atoms with van der Waals surface area (Å²) in [6.45, 7) is 32.3. The quantitative estimate of drug-likeness (QED) is 0.0154. The van der Waals surface area contributed by atoms with Gasteiger partial charge in [-0.05, 0) is 46.0 Å². The smallest absolute Gasteiger partial charge is 0.331 e. The minimum atomic E-state index is -1.67. The Morgan fingerprint density at radius 2 is 0.302 bits per heavy atom. The fourth-order valence-corrected chi connectivity index (χ4v) is 3.89. The minimum Gasteiger partial charge on any atom is -0.481 e. The molecule has 60 nitrogen and oxygen atoms in total. The molecule has 38 N–H and O–H groups in total. The molecule has 0 aromatic carbocycles. The largest absolute Gasteiger partial charge is 0.481 e. The van der Waals surface area contributed by atoms with Crippen molar-refractivity contribution < 1.29 is 300 Å². The molecule has 0 saturated heterocycles. The van der Waals surface area contributed by atoms with Gasteiger partial charge < -0.3 is 194 Å². The van der Waals surface area contributed by atoms with Crippen LogP contribution in [0.3, 0.4) is 0 Å². The van der Waals surface area contributed by atoms with Crippen molar-refractivity contribution in [1.82, 2.24) is 0 Å². The first-order valence-corrected chi connectivity index (χ1v) is 37.6. The maximum absolute atomic E-state index is 9.87. The number of unbranched alkanes of at least 4 members (excludes halogenated alkanes) is 2. The second kappa shape index (κ2) is 116. The van der Waals surface area contributed by atoms with Gasteiger partial charge in [0.05, 0.1) is 121 Å². The lowest BCUT2D eigenvalue weighted by Gasteiger charge is -2.24. The van der Waals surface area contributed by atoms with Crippen molar-refractivity contribution in [3.05, 3.63) is 122 Å². The van der Waals surface area contributed by atoms with E-state index in [1.54, 1.807) is 6.92 Å². The van der Waals surface area contributed by atoms with Crippen LogP contribution in [0, 0.1) is 0 Å². The third-order valence-corrected chi connectivity index (χ3v) is 11.0. The van der Waals surface area contributed by atoms with Crippen molar-refractivity contribution in [3.8, 4) is 0 Å². The Morgan fingerprint density at radius 1 is 0.194 bits per heavy atom. The van der Waals surface area contributed by atoms with Crippen LogP contribution in [0.15, 0.2) is 122 Å². The van der Waals surface area contributed by atoms with Gasteiger partial charge in [-0.15, -0.1) is 0 Å². The van der Waals surface area contributed by atoms with E-state index in [4.69, 9.17) is 194 Å². The molecule has 0 aliphatic rings. The Hall–Kier alpha value is -14.2. The number of rotatable bonds is 47. The van der Waals surface area contributed by atoms with Crippen LogP contribution in [0.4, 0.5) is 0 Å². The van der Waals surface area contributed by atoms with Gasteiger partial charge in [-0.1, -0.05) is 65.8 Å². The summed E-state index contributed by atoms with van der Waals surface area (Å²) in [5.74, 6) is -26.4. The average Bonchev–Trinajstić information content (AvgIpc) is 0.903. The van der Waals surface area contributed by atoms with Crippen molar-refractivity contribution >= 4 is 157 Å². The van der Waals surface area contributed by atoms with Crippen LogP contribution in [0.5, 0.6) is 0 Å². The summed E-state index contributed by atoms with van der Waals surface area (Å²) in [6, 6.07) is 0. The number of carboxylic acids is 22. The fraction of sp³-hybridized carbons (Fsp3) is 0.455. The summed E-state index contributed by atoms with van der Waals surface area (Å²) < 4.78 is 0. The van der Waals surface area contributed by atoms with Crippen LogP contribution in [0.1, 0.15) is 110 Å². The fourth-order valence-electron chi connectivity index (χ4n) is 3.89. The van der Waals surface area contributed by atoms with Gasteiger partial charge in [-0.3, -0.25) is 57.5 Å². The zero-order valence-corrected chi connectivity index (χ0v) is 76.3. The Kier molecular flexibility index (Phi) is 140. The molecular weight excluding hydrogens is 1950 g/mol. The summed E-state index contributed by atoms with van der Waals surface area (Å²) in [5.41, 5.74) is -3.03. The highest BCUT2D eigenvalue weighted by Gasteiger charge is 2.29. The highest BCUT2D eigenvalue weighted by molar-refractivity contribution is 7.81. The summed E-state index contributed by atoms with van der Waals surface area (Å²) >= 11 is 6.83. The van der Waals surface area contributed by atoms with Gasteiger partial charge in [-0.25, -0.2) is 47.9 Å². The highest BCUT2D eigenvalue weighted by Crippen LogP contribution is 2.06. The molecule has 0 aliphatic carbocycles. The van der Waals surface area contributed by atoms with Gasteiger partial charge in [0.15, 0.2) is 0 Å². The normalized spacial score (nSPS) is 10.0. The summed E-state index contributed by atoms with van der Waals surface area (Å²) in [6.07, 6.45) is -8.99. The van der Waals surface area contributed by atoms with Gasteiger partial charge in [0.25, 0.3) is 0 Å². The van der Waals surface area contributed by atoms with Gasteiger partial charge in [0.1, 0.15) is 24.4 Å². The number of aliphatic carboxylic acids is 22. The van der Waals surface area contributed by atoms with Crippen LogP contribution in [-0.4, -0.2) is 440 Å². The first-order valence-electron chi connectivity index (χ1n) is 36.4. The number of aliphatic hydroxyl groups excluding tert-OH is 16. The molecule has 0 saturated carbocycles. The molecule has 0 amide bonds. The number of hydrogen-bond donors (Lipinski definition) is 40. The number of thiol groups is 2. The van der Waals surface area contributed by atoms with E-state index in [0.29, 0.717) is 6.42 Å². The molecular formula is C77H126O60S2. The van der Waals surface area contributed by atoms with Crippen LogP contribution in [-0.2, 0) is 105 Å². The lowest BCUT2D eigenvalue weighted by Crippen LogP contribution is -2.46. The third-order valence-electron chi connectivity index (χ3n) is 10.5. The molecule has 2 unspecified atom stereocenters. The molecule has 62 heteroatoms. The first-order chi connectivity index (χ1) is 63.2. The molecule has 139 heavy (non-hydrogen) atoms. The van der Waals surface area contributed by atoms with Gasteiger partial charge in [0, 0.05) is 88.8 Å². The average molecular weight is 2080 g/mol. The van der Waals surface area contributed by atoms with Gasteiger partial charge in [-0.2, -0.15) is 25.3 Å². The minimum absolute atomic E-state index is 0.0810. The van der Waals surface area contributed by atoms with Crippen molar-refractivity contribution in [1.29, 1.82) is 0 Å². The molecule has 0 aromatic heterocycles. The molecule has 0 fully saturated rings. The zero-order chi connectivity index (χ0) is 115. The summed E-state index contributed by atoms with van der Waals surface area (Å²) in [4.78, 5) is 215. The van der Waals surface area contributed by atoms with E-state index >= 15 is 0 Å². The SMILES string of the molecule is C=C(CC(=O)O)C(=O)O.C=C(CC(=O)O)C(=O)O.C=C(CC(=O)O)C(=O)O.C=C(CC(=O)O)C(=O)O.C=C(CC(=O)O)C(=O)O.C=C(CC(=O)O)C(=O)O.C=C(CC(=O)O)C(=O)O.C=C(CC(=O)O)C(=O)O.C=C(CC(=O)O)C(=O)O.C=C(CC(=O)O)C(=O)O.CC(O)CCO.CC(O)CO.O=C(O)CS.O=C(O)CS.OCCCCO.OCCCCO.OCCO.OC[C@@H](O)[C@@H](O)[C@H](O)[C@@H](O)CO. The van der Waals surface area contributed by atoms with Gasteiger partial charge >= 0.3 is 131 Å². The predicted molar refractivity (Wildman–Crippen MR) is 475 cm³/mol. The van der Waals surface area contributed by atoms with Crippen LogP contribution in [0.2, 0.25) is 0 Å². The van der Waals surface area contributed by atoms with E-state index in [-0.39, 0.29) is 126 Å². The topological polar surface area (TPSA) is 1140 Å². The van der Waals surface area contributed by atoms with Crippen molar-refractivity contribution in [2.75, 3.05) is 77.6 Å². The molecule has 806 valence electrons. The van der Waals surface area contributed by atoms with Crippen LogP contribution < -0.4 is 0 Å². The molecule has 0 aromatic rings. The van der Waals surface area contributed by atoms with Crippen molar-refractivity contribution in [3.63, 3.8) is 0 Å². The van der Waals surface area contributed by atoms with Crippen molar-refractivity contribution in [2.24, 2.45) is 0 Å².